The quantitative estimate of drug-likeness (QED) is 0.828. The molecule has 0 aromatic heterocycles. The topological polar surface area (TPSA) is 75.3 Å². The van der Waals surface area contributed by atoms with E-state index in [0.29, 0.717) is 11.6 Å². The summed E-state index contributed by atoms with van der Waals surface area (Å²) in [6.07, 6.45) is 8.59. The van der Waals surface area contributed by atoms with Gasteiger partial charge in [-0.05, 0) is 49.3 Å². The van der Waals surface area contributed by atoms with Gasteiger partial charge in [-0.2, -0.15) is 0 Å². The van der Waals surface area contributed by atoms with Crippen LogP contribution in [0.2, 0.25) is 0 Å². The fourth-order valence-electron chi connectivity index (χ4n) is 3.60. The van der Waals surface area contributed by atoms with Gasteiger partial charge in [0.25, 0.3) is 0 Å². The normalized spacial score (nSPS) is 20.4. The van der Waals surface area contributed by atoms with Gasteiger partial charge in [0.05, 0.1) is 11.7 Å². The lowest BCUT2D eigenvalue weighted by Gasteiger charge is -2.36. The van der Waals surface area contributed by atoms with Crippen molar-refractivity contribution < 1.29 is 13.2 Å². The van der Waals surface area contributed by atoms with Gasteiger partial charge in [0, 0.05) is 12.2 Å². The maximum Gasteiger partial charge on any atom is 0.230 e. The first kappa shape index (κ1) is 17.3. The van der Waals surface area contributed by atoms with Crippen molar-refractivity contribution in [1.82, 2.24) is 5.32 Å². The van der Waals surface area contributed by atoms with E-state index >= 15 is 0 Å². The Hall–Kier alpha value is -1.56. The number of benzene rings is 1. The minimum absolute atomic E-state index is 0.137. The van der Waals surface area contributed by atoms with E-state index < -0.39 is 15.4 Å². The molecule has 24 heavy (non-hydrogen) atoms. The summed E-state index contributed by atoms with van der Waals surface area (Å²) in [5, 5.41) is 3.16. The number of sulfonamides is 1. The first-order valence-corrected chi connectivity index (χ1v) is 10.6. The molecular weight excluding hydrogens is 324 g/mol. The second kappa shape index (κ2) is 6.75. The monoisotopic (exact) mass is 350 g/mol. The average molecular weight is 350 g/mol. The molecule has 0 saturated heterocycles. The Morgan fingerprint density at radius 3 is 2.29 bits per heavy atom. The highest BCUT2D eigenvalue weighted by Gasteiger charge is 2.41. The molecule has 2 saturated carbocycles. The van der Waals surface area contributed by atoms with Crippen LogP contribution in [0.3, 0.4) is 0 Å². The third kappa shape index (κ3) is 4.09. The zero-order valence-electron chi connectivity index (χ0n) is 14.2. The van der Waals surface area contributed by atoms with Crippen molar-refractivity contribution in [2.24, 2.45) is 5.92 Å². The molecule has 2 aliphatic rings. The molecule has 0 unspecified atom stereocenters. The van der Waals surface area contributed by atoms with Gasteiger partial charge < -0.3 is 5.32 Å². The lowest BCUT2D eigenvalue weighted by atomic mass is 9.68. The van der Waals surface area contributed by atoms with Crippen LogP contribution in [0.1, 0.15) is 50.5 Å². The maximum atomic E-state index is 12.9. The second-order valence-electron chi connectivity index (χ2n) is 7.25. The number of nitrogens with one attached hydrogen (secondary N) is 2. The largest absolute Gasteiger partial charge is 0.355 e. The van der Waals surface area contributed by atoms with E-state index in [0.717, 1.165) is 44.0 Å². The highest BCUT2D eigenvalue weighted by molar-refractivity contribution is 7.92. The fourth-order valence-corrected chi connectivity index (χ4v) is 4.17. The van der Waals surface area contributed by atoms with Crippen LogP contribution >= 0.6 is 0 Å². The van der Waals surface area contributed by atoms with E-state index in [1.54, 1.807) is 12.1 Å². The van der Waals surface area contributed by atoms with E-state index in [2.05, 4.69) is 10.0 Å². The van der Waals surface area contributed by atoms with Crippen LogP contribution in [0, 0.1) is 5.92 Å². The summed E-state index contributed by atoms with van der Waals surface area (Å²) in [7, 11) is -3.29. The molecule has 3 rings (SSSR count). The van der Waals surface area contributed by atoms with Gasteiger partial charge in [-0.3, -0.25) is 9.52 Å². The molecule has 1 amide bonds. The standard InChI is InChI=1S/C18H26N2O3S/c1-24(22,23)20-16-9-7-15(8-10-16)18(11-3-2-4-12-18)17(21)19-13-14-5-6-14/h7-10,14,20H,2-6,11-13H2,1H3,(H,19,21). The number of hydrogen-bond acceptors (Lipinski definition) is 3. The van der Waals surface area contributed by atoms with Gasteiger partial charge in [-0.1, -0.05) is 31.4 Å². The van der Waals surface area contributed by atoms with Gasteiger partial charge in [0.2, 0.25) is 15.9 Å². The number of carbonyl (C=O) groups is 1. The Balaban J connectivity index is 1.80. The molecular formula is C18H26N2O3S. The summed E-state index contributed by atoms with van der Waals surface area (Å²) in [5.74, 6) is 0.800. The molecule has 6 heteroatoms. The minimum Gasteiger partial charge on any atom is -0.355 e. The van der Waals surface area contributed by atoms with Gasteiger partial charge in [-0.25, -0.2) is 8.42 Å². The number of amides is 1. The van der Waals surface area contributed by atoms with E-state index in [4.69, 9.17) is 0 Å². The Kier molecular flexibility index (Phi) is 4.85. The molecule has 2 fully saturated rings. The van der Waals surface area contributed by atoms with Crippen molar-refractivity contribution in [3.63, 3.8) is 0 Å². The third-order valence-corrected chi connectivity index (χ3v) is 5.74. The van der Waals surface area contributed by atoms with E-state index in [-0.39, 0.29) is 5.91 Å². The first-order valence-electron chi connectivity index (χ1n) is 8.76. The molecule has 0 aliphatic heterocycles. The van der Waals surface area contributed by atoms with Crippen molar-refractivity contribution in [2.45, 2.75) is 50.4 Å². The first-order chi connectivity index (χ1) is 11.4. The summed E-state index contributed by atoms with van der Waals surface area (Å²) in [6.45, 7) is 0.786. The summed E-state index contributed by atoms with van der Waals surface area (Å²) in [6, 6.07) is 7.30. The third-order valence-electron chi connectivity index (χ3n) is 5.13. The van der Waals surface area contributed by atoms with Crippen molar-refractivity contribution >= 4 is 21.6 Å². The molecule has 1 aromatic rings. The summed E-state index contributed by atoms with van der Waals surface area (Å²) in [4.78, 5) is 12.9. The summed E-state index contributed by atoms with van der Waals surface area (Å²) < 4.78 is 25.1. The van der Waals surface area contributed by atoms with Crippen LogP contribution in [-0.2, 0) is 20.2 Å². The molecule has 0 bridgehead atoms. The van der Waals surface area contributed by atoms with Crippen molar-refractivity contribution in [2.75, 3.05) is 17.5 Å². The Morgan fingerprint density at radius 2 is 1.75 bits per heavy atom. The molecule has 132 valence electrons. The van der Waals surface area contributed by atoms with E-state index in [1.165, 1.54) is 19.3 Å². The van der Waals surface area contributed by atoms with Crippen LogP contribution in [-0.4, -0.2) is 27.1 Å². The number of hydrogen-bond donors (Lipinski definition) is 2. The zero-order chi connectivity index (χ0) is 17.2. The van der Waals surface area contributed by atoms with Gasteiger partial charge in [-0.15, -0.1) is 0 Å². The number of carbonyl (C=O) groups excluding carboxylic acids is 1. The smallest absolute Gasteiger partial charge is 0.230 e. The highest BCUT2D eigenvalue weighted by atomic mass is 32.2. The Labute approximate surface area is 144 Å². The SMILES string of the molecule is CS(=O)(=O)Nc1ccc(C2(C(=O)NCC3CC3)CCCCC2)cc1. The molecule has 2 N–H and O–H groups in total. The minimum atomic E-state index is -3.29. The van der Waals surface area contributed by atoms with Gasteiger partial charge >= 0.3 is 0 Å². The van der Waals surface area contributed by atoms with Crippen LogP contribution in [0.25, 0.3) is 0 Å². The van der Waals surface area contributed by atoms with Crippen molar-refractivity contribution in [3.05, 3.63) is 29.8 Å². The summed E-state index contributed by atoms with van der Waals surface area (Å²) >= 11 is 0. The van der Waals surface area contributed by atoms with Crippen LogP contribution in [0.4, 0.5) is 5.69 Å². The van der Waals surface area contributed by atoms with Gasteiger partial charge in [0.1, 0.15) is 0 Å². The number of anilines is 1. The zero-order valence-corrected chi connectivity index (χ0v) is 15.0. The predicted octanol–water partition coefficient (Wildman–Crippen LogP) is 2.79. The van der Waals surface area contributed by atoms with Crippen LogP contribution < -0.4 is 10.0 Å². The van der Waals surface area contributed by atoms with Gasteiger partial charge in [0.15, 0.2) is 0 Å². The highest BCUT2D eigenvalue weighted by Crippen LogP contribution is 2.40. The molecule has 0 spiro atoms. The molecule has 0 atom stereocenters. The van der Waals surface area contributed by atoms with Crippen LogP contribution in [0.5, 0.6) is 0 Å². The lowest BCUT2D eigenvalue weighted by Crippen LogP contribution is -2.46. The molecule has 1 aromatic carbocycles. The Morgan fingerprint density at radius 1 is 1.12 bits per heavy atom. The molecule has 0 heterocycles. The summed E-state index contributed by atoms with van der Waals surface area (Å²) in [5.41, 5.74) is 1.07. The number of rotatable bonds is 6. The van der Waals surface area contributed by atoms with Crippen molar-refractivity contribution in [3.8, 4) is 0 Å². The lowest BCUT2D eigenvalue weighted by molar-refractivity contribution is -0.128. The van der Waals surface area contributed by atoms with E-state index in [9.17, 15) is 13.2 Å². The fraction of sp³-hybridized carbons (Fsp3) is 0.611. The molecule has 2 aliphatic carbocycles. The van der Waals surface area contributed by atoms with E-state index in [1.807, 2.05) is 12.1 Å². The molecule has 0 radical (unpaired) electrons. The average Bonchev–Trinajstić information content (AvgIpc) is 3.37. The van der Waals surface area contributed by atoms with Crippen LogP contribution in [0.15, 0.2) is 24.3 Å². The maximum absolute atomic E-state index is 12.9. The molecule has 5 nitrogen and oxygen atoms in total. The van der Waals surface area contributed by atoms with Crippen molar-refractivity contribution in [1.29, 1.82) is 0 Å². The predicted molar refractivity (Wildman–Crippen MR) is 95.4 cm³/mol. The second-order valence-corrected chi connectivity index (χ2v) is 9.00. The Bertz CT molecular complexity index is 687.